The van der Waals surface area contributed by atoms with Crippen molar-refractivity contribution >= 4 is 50.3 Å². The van der Waals surface area contributed by atoms with E-state index < -0.39 is 11.4 Å². The van der Waals surface area contributed by atoms with Crippen LogP contribution in [0, 0.1) is 5.82 Å². The molecule has 0 radical (unpaired) electrons. The zero-order valence-corrected chi connectivity index (χ0v) is 22.5. The Hall–Kier alpha value is -1.95. The number of anilines is 1. The molecular weight excluding hydrogens is 545 g/mol. The fourth-order valence-corrected chi connectivity index (χ4v) is 4.45. The molecule has 2 aliphatic rings. The van der Waals surface area contributed by atoms with Gasteiger partial charge in [-0.3, -0.25) is 4.90 Å². The quantitative estimate of drug-likeness (QED) is 0.497. The summed E-state index contributed by atoms with van der Waals surface area (Å²) in [5, 5.41) is 0.718. The summed E-state index contributed by atoms with van der Waals surface area (Å²) in [7, 11) is 0. The fourth-order valence-electron chi connectivity index (χ4n) is 3.96. The Morgan fingerprint density at radius 3 is 2.51 bits per heavy atom. The number of carbonyl (C=O) groups is 1. The topological polar surface area (TPSA) is 80.3 Å². The van der Waals surface area contributed by atoms with Crippen LogP contribution in [0.5, 0.6) is 6.01 Å². The molecule has 0 atom stereocenters. The highest BCUT2D eigenvalue weighted by atomic mass is 79.9. The third kappa shape index (κ3) is 6.44. The van der Waals surface area contributed by atoms with Crippen molar-refractivity contribution in [2.24, 2.45) is 0 Å². The van der Waals surface area contributed by atoms with Gasteiger partial charge < -0.3 is 24.0 Å². The van der Waals surface area contributed by atoms with E-state index in [9.17, 15) is 4.79 Å². The Morgan fingerprint density at radius 1 is 1.17 bits per heavy atom. The standard InChI is InChI=1S/C23H30BrClFN5O4/c1-23(2,3)35-22(32)31-6-4-30(5-7-31)20-15-14-16(25)17(24)18(26)19(15)27-21(28-20)34-13-10-29-8-11-33-12-9-29/h14H,4-13H2,1-3H3. The van der Waals surface area contributed by atoms with Crippen LogP contribution in [0.2, 0.25) is 5.02 Å². The van der Waals surface area contributed by atoms with Crippen molar-refractivity contribution < 1.29 is 23.4 Å². The van der Waals surface area contributed by atoms with Gasteiger partial charge >= 0.3 is 12.1 Å². The number of nitrogens with zero attached hydrogens (tertiary/aromatic N) is 5. The first-order valence-corrected chi connectivity index (χ1v) is 12.8. The van der Waals surface area contributed by atoms with Crippen molar-refractivity contribution in [3.63, 3.8) is 0 Å². The van der Waals surface area contributed by atoms with Crippen LogP contribution in [0.25, 0.3) is 10.9 Å². The first kappa shape index (κ1) is 26.1. The van der Waals surface area contributed by atoms with Gasteiger partial charge in [0.2, 0.25) is 0 Å². The predicted octanol–water partition coefficient (Wildman–Crippen LogP) is 3.95. The molecule has 2 aliphatic heterocycles. The summed E-state index contributed by atoms with van der Waals surface area (Å²) < 4.78 is 32.0. The molecule has 12 heteroatoms. The molecule has 1 aromatic heterocycles. The number of ether oxygens (including phenoxy) is 3. The number of hydrogen-bond donors (Lipinski definition) is 0. The number of aromatic nitrogens is 2. The largest absolute Gasteiger partial charge is 0.462 e. The van der Waals surface area contributed by atoms with Gasteiger partial charge in [0.15, 0.2) is 5.82 Å². The van der Waals surface area contributed by atoms with Crippen LogP contribution in [0.1, 0.15) is 20.8 Å². The smallest absolute Gasteiger partial charge is 0.410 e. The summed E-state index contributed by atoms with van der Waals surface area (Å²) >= 11 is 9.46. The third-order valence-corrected chi connectivity index (χ3v) is 7.06. The van der Waals surface area contributed by atoms with Gasteiger partial charge in [0.1, 0.15) is 23.5 Å². The molecule has 4 rings (SSSR count). The lowest BCUT2D eigenvalue weighted by Crippen LogP contribution is -2.50. The molecule has 0 bridgehead atoms. The van der Waals surface area contributed by atoms with Crippen molar-refractivity contribution in [2.45, 2.75) is 26.4 Å². The highest BCUT2D eigenvalue weighted by Crippen LogP contribution is 2.36. The Labute approximate surface area is 217 Å². The lowest BCUT2D eigenvalue weighted by atomic mass is 10.2. The molecule has 0 aliphatic carbocycles. The van der Waals surface area contributed by atoms with Gasteiger partial charge in [0, 0.05) is 51.2 Å². The van der Waals surface area contributed by atoms with E-state index in [2.05, 4.69) is 30.8 Å². The molecular formula is C23H30BrClFN5O4. The van der Waals surface area contributed by atoms with E-state index in [1.165, 1.54) is 0 Å². The minimum absolute atomic E-state index is 0.100. The van der Waals surface area contributed by atoms with Gasteiger partial charge in [-0.05, 0) is 42.8 Å². The van der Waals surface area contributed by atoms with Crippen molar-refractivity contribution in [1.82, 2.24) is 19.8 Å². The number of rotatable bonds is 5. The number of amides is 1. The highest BCUT2D eigenvalue weighted by Gasteiger charge is 2.28. The van der Waals surface area contributed by atoms with Gasteiger partial charge in [-0.2, -0.15) is 9.97 Å². The maximum atomic E-state index is 15.1. The molecule has 0 unspecified atom stereocenters. The minimum Gasteiger partial charge on any atom is -0.462 e. The Kier molecular flexibility index (Phi) is 8.19. The van der Waals surface area contributed by atoms with Crippen molar-refractivity contribution in [3.8, 4) is 6.01 Å². The minimum atomic E-state index is -0.568. The summed E-state index contributed by atoms with van der Waals surface area (Å²) in [6.45, 7) is 11.5. The third-order valence-electron chi connectivity index (χ3n) is 5.76. The number of morpholine rings is 1. The van der Waals surface area contributed by atoms with Gasteiger partial charge in [0.05, 0.1) is 22.7 Å². The first-order valence-electron chi connectivity index (χ1n) is 11.6. The van der Waals surface area contributed by atoms with Crippen LogP contribution in [0.4, 0.5) is 15.0 Å². The lowest BCUT2D eigenvalue weighted by molar-refractivity contribution is 0.0240. The second-order valence-corrected chi connectivity index (χ2v) is 10.7. The highest BCUT2D eigenvalue weighted by molar-refractivity contribution is 9.10. The van der Waals surface area contributed by atoms with Crippen LogP contribution >= 0.6 is 27.5 Å². The van der Waals surface area contributed by atoms with Crippen LogP contribution in [-0.4, -0.2) is 97.1 Å². The number of fused-ring (bicyclic) bond motifs is 1. The van der Waals surface area contributed by atoms with Crippen molar-refractivity contribution in [2.75, 3.05) is 70.5 Å². The van der Waals surface area contributed by atoms with E-state index in [0.717, 1.165) is 13.1 Å². The van der Waals surface area contributed by atoms with E-state index in [4.69, 9.17) is 25.8 Å². The molecule has 1 aromatic carbocycles. The van der Waals surface area contributed by atoms with Gasteiger partial charge in [0.25, 0.3) is 0 Å². The average molecular weight is 575 g/mol. The Balaban J connectivity index is 1.54. The summed E-state index contributed by atoms with van der Waals surface area (Å²) in [5.74, 6) is -0.0462. The average Bonchev–Trinajstić information content (AvgIpc) is 2.82. The zero-order valence-electron chi connectivity index (χ0n) is 20.2. The van der Waals surface area contributed by atoms with Gasteiger partial charge in [-0.1, -0.05) is 11.6 Å². The normalized spacial score (nSPS) is 17.7. The maximum absolute atomic E-state index is 15.1. The molecule has 2 aromatic rings. The molecule has 2 fully saturated rings. The van der Waals surface area contributed by atoms with Gasteiger partial charge in [-0.15, -0.1) is 0 Å². The molecule has 0 N–H and O–H groups in total. The van der Waals surface area contributed by atoms with E-state index >= 15 is 4.39 Å². The number of halogens is 3. The van der Waals surface area contributed by atoms with E-state index in [0.29, 0.717) is 63.7 Å². The zero-order chi connectivity index (χ0) is 25.2. The molecule has 9 nitrogen and oxygen atoms in total. The molecule has 0 spiro atoms. The van der Waals surface area contributed by atoms with E-state index in [1.807, 2.05) is 25.7 Å². The lowest BCUT2D eigenvalue weighted by Gasteiger charge is -2.36. The van der Waals surface area contributed by atoms with E-state index in [-0.39, 0.29) is 27.1 Å². The molecule has 35 heavy (non-hydrogen) atoms. The number of benzene rings is 1. The fraction of sp³-hybridized carbons (Fsp3) is 0.609. The summed E-state index contributed by atoms with van der Waals surface area (Å²) in [4.78, 5) is 27.3. The molecule has 2 saturated heterocycles. The first-order chi connectivity index (χ1) is 16.6. The monoisotopic (exact) mass is 573 g/mol. The Bertz CT molecular complexity index is 1070. The van der Waals surface area contributed by atoms with Crippen LogP contribution in [0.3, 0.4) is 0 Å². The molecule has 192 valence electrons. The van der Waals surface area contributed by atoms with Gasteiger partial charge in [-0.25, -0.2) is 9.18 Å². The van der Waals surface area contributed by atoms with Crippen LogP contribution in [-0.2, 0) is 9.47 Å². The summed E-state index contributed by atoms with van der Waals surface area (Å²) in [6, 6.07) is 1.75. The van der Waals surface area contributed by atoms with Crippen molar-refractivity contribution in [3.05, 3.63) is 21.4 Å². The second-order valence-electron chi connectivity index (χ2n) is 9.47. The van der Waals surface area contributed by atoms with Crippen LogP contribution in [0.15, 0.2) is 10.5 Å². The molecule has 0 saturated carbocycles. The number of hydrogen-bond acceptors (Lipinski definition) is 8. The van der Waals surface area contributed by atoms with Crippen LogP contribution < -0.4 is 9.64 Å². The van der Waals surface area contributed by atoms with Crippen molar-refractivity contribution in [1.29, 1.82) is 0 Å². The number of carbonyl (C=O) groups excluding carboxylic acids is 1. The summed E-state index contributed by atoms with van der Waals surface area (Å²) in [6.07, 6.45) is -0.352. The summed E-state index contributed by atoms with van der Waals surface area (Å²) in [5.41, 5.74) is -0.436. The Morgan fingerprint density at radius 2 is 1.86 bits per heavy atom. The number of piperazine rings is 1. The second kappa shape index (κ2) is 11.0. The predicted molar refractivity (Wildman–Crippen MR) is 135 cm³/mol. The van der Waals surface area contributed by atoms with E-state index in [1.54, 1.807) is 11.0 Å². The molecule has 3 heterocycles. The SMILES string of the molecule is CC(C)(C)OC(=O)N1CCN(c2nc(OCCN3CCOCC3)nc3c(F)c(Br)c(Cl)cc23)CC1. The maximum Gasteiger partial charge on any atom is 0.410 e. The molecule has 1 amide bonds.